The van der Waals surface area contributed by atoms with Crippen molar-refractivity contribution >= 4 is 44.8 Å². The lowest BCUT2D eigenvalue weighted by Crippen LogP contribution is -2.19. The van der Waals surface area contributed by atoms with Crippen LogP contribution in [-0.2, 0) is 12.6 Å². The zero-order valence-corrected chi connectivity index (χ0v) is 17.8. The molecule has 0 bridgehead atoms. The summed E-state index contributed by atoms with van der Waals surface area (Å²) in [5, 5.41) is 15.1. The molecule has 4 aromatic rings. The summed E-state index contributed by atoms with van der Waals surface area (Å²) in [6, 6.07) is 10.6. The first-order valence-electron chi connectivity index (χ1n) is 9.74. The van der Waals surface area contributed by atoms with Gasteiger partial charge in [0.2, 0.25) is 0 Å². The summed E-state index contributed by atoms with van der Waals surface area (Å²) >= 11 is 1.43. The number of alkyl halides is 3. The normalized spacial score (nSPS) is 11.5. The third-order valence-electron chi connectivity index (χ3n) is 4.81. The quantitative estimate of drug-likeness (QED) is 0.321. The van der Waals surface area contributed by atoms with E-state index in [2.05, 4.69) is 20.6 Å². The zero-order valence-electron chi connectivity index (χ0n) is 17.0. The van der Waals surface area contributed by atoms with Gasteiger partial charge in [0.25, 0.3) is 0 Å². The molecule has 0 fully saturated rings. The van der Waals surface area contributed by atoms with Crippen molar-refractivity contribution < 1.29 is 23.1 Å². The van der Waals surface area contributed by atoms with Crippen LogP contribution in [0.1, 0.15) is 10.4 Å². The maximum Gasteiger partial charge on any atom is 0.416 e. The summed E-state index contributed by atoms with van der Waals surface area (Å²) < 4.78 is 38.5. The number of hydrogen-bond acceptors (Lipinski definition) is 6. The Morgan fingerprint density at radius 1 is 1.06 bits per heavy atom. The number of rotatable bonds is 5. The first kappa shape index (κ1) is 22.5. The Bertz CT molecular complexity index is 1310. The monoisotopic (exact) mass is 473 g/mol. The van der Waals surface area contributed by atoms with Gasteiger partial charge < -0.3 is 21.5 Å². The largest absolute Gasteiger partial charge is 0.416 e. The number of fused-ring (bicyclic) bond motifs is 1. The van der Waals surface area contributed by atoms with E-state index >= 15 is 0 Å². The van der Waals surface area contributed by atoms with Crippen molar-refractivity contribution in [3.05, 3.63) is 65.3 Å². The molecule has 0 aliphatic rings. The van der Waals surface area contributed by atoms with Gasteiger partial charge in [-0.3, -0.25) is 0 Å². The molecule has 7 nitrogen and oxygen atoms in total. The molecule has 4 rings (SSSR count). The highest BCUT2D eigenvalue weighted by molar-refractivity contribution is 7.19. The van der Waals surface area contributed by atoms with Gasteiger partial charge in [0.1, 0.15) is 17.0 Å². The van der Waals surface area contributed by atoms with Crippen molar-refractivity contribution in [2.24, 2.45) is 0 Å². The van der Waals surface area contributed by atoms with Crippen molar-refractivity contribution in [1.82, 2.24) is 9.97 Å². The second-order valence-corrected chi connectivity index (χ2v) is 8.13. The first-order chi connectivity index (χ1) is 15.8. The van der Waals surface area contributed by atoms with Crippen LogP contribution in [0.15, 0.2) is 54.9 Å². The van der Waals surface area contributed by atoms with Crippen molar-refractivity contribution in [2.75, 3.05) is 23.0 Å². The van der Waals surface area contributed by atoms with Gasteiger partial charge >= 0.3 is 12.2 Å². The number of aromatic nitrogens is 2. The average molecular weight is 473 g/mol. The van der Waals surface area contributed by atoms with E-state index in [1.807, 2.05) is 0 Å². The molecule has 170 valence electrons. The van der Waals surface area contributed by atoms with Crippen LogP contribution in [0.5, 0.6) is 0 Å². The van der Waals surface area contributed by atoms with Crippen LogP contribution in [-0.4, -0.2) is 27.7 Å². The van der Waals surface area contributed by atoms with Gasteiger partial charge in [0.05, 0.1) is 10.9 Å². The Kier molecular flexibility index (Phi) is 6.16. The number of aliphatic hydroxyl groups is 1. The fourth-order valence-electron chi connectivity index (χ4n) is 3.37. The highest BCUT2D eigenvalue weighted by Gasteiger charge is 2.30. The van der Waals surface area contributed by atoms with Crippen molar-refractivity contribution in [3.8, 4) is 11.1 Å². The molecule has 2 aromatic carbocycles. The average Bonchev–Trinajstić information content (AvgIpc) is 3.13. The summed E-state index contributed by atoms with van der Waals surface area (Å²) in [6.07, 6.45) is -2.69. The fraction of sp³-hybridized carbons (Fsp3) is 0.136. The molecule has 0 spiro atoms. The van der Waals surface area contributed by atoms with Crippen LogP contribution in [0.3, 0.4) is 0 Å². The number of amides is 2. The lowest BCUT2D eigenvalue weighted by molar-refractivity contribution is -0.137. The number of nitrogens with two attached hydrogens (primary N) is 1. The maximum absolute atomic E-state index is 12.8. The Hall–Kier alpha value is -3.70. The minimum absolute atomic E-state index is 0.0211. The minimum Gasteiger partial charge on any atom is -0.396 e. The van der Waals surface area contributed by atoms with Gasteiger partial charge in [0, 0.05) is 34.8 Å². The van der Waals surface area contributed by atoms with Gasteiger partial charge in [-0.25, -0.2) is 14.8 Å². The van der Waals surface area contributed by atoms with E-state index in [1.165, 1.54) is 29.8 Å². The molecule has 0 aliphatic heterocycles. The number of thiophene rings is 1. The number of aliphatic hydroxyl groups excluding tert-OH is 1. The molecular formula is C22H18F3N5O2S. The van der Waals surface area contributed by atoms with Gasteiger partial charge in [-0.1, -0.05) is 18.2 Å². The van der Waals surface area contributed by atoms with Crippen LogP contribution in [0.4, 0.5) is 35.2 Å². The first-order valence-corrected chi connectivity index (χ1v) is 10.6. The van der Waals surface area contributed by atoms with Crippen molar-refractivity contribution in [2.45, 2.75) is 12.6 Å². The molecule has 0 atom stereocenters. The SMILES string of the molecule is Nc1ncnc2sc(CCO)c(-c3ccc(NC(=O)Nc4cccc(C(F)(F)F)c4)cc3)c12. The molecule has 0 unspecified atom stereocenters. The molecule has 0 aliphatic carbocycles. The number of carbonyl (C=O) groups excluding carboxylic acids is 1. The number of nitrogens with one attached hydrogen (secondary N) is 2. The fourth-order valence-corrected chi connectivity index (χ4v) is 4.53. The lowest BCUT2D eigenvalue weighted by atomic mass is 10.0. The lowest BCUT2D eigenvalue weighted by Gasteiger charge is -2.11. The molecule has 11 heteroatoms. The molecule has 2 heterocycles. The van der Waals surface area contributed by atoms with E-state index in [9.17, 15) is 23.1 Å². The number of hydrogen-bond donors (Lipinski definition) is 4. The summed E-state index contributed by atoms with van der Waals surface area (Å²) in [4.78, 5) is 22.2. The summed E-state index contributed by atoms with van der Waals surface area (Å²) in [6.45, 7) is -0.0392. The van der Waals surface area contributed by atoms with E-state index in [4.69, 9.17) is 5.73 Å². The topological polar surface area (TPSA) is 113 Å². The Morgan fingerprint density at radius 3 is 2.48 bits per heavy atom. The highest BCUT2D eigenvalue weighted by atomic mass is 32.1. The van der Waals surface area contributed by atoms with Gasteiger partial charge in [0.15, 0.2) is 0 Å². The summed E-state index contributed by atoms with van der Waals surface area (Å²) in [5.74, 6) is 0.332. The Balaban J connectivity index is 1.54. The number of urea groups is 1. The molecule has 0 radical (unpaired) electrons. The zero-order chi connectivity index (χ0) is 23.6. The van der Waals surface area contributed by atoms with Crippen LogP contribution in [0.25, 0.3) is 21.3 Å². The minimum atomic E-state index is -4.50. The van der Waals surface area contributed by atoms with Gasteiger partial charge in [-0.2, -0.15) is 13.2 Å². The predicted molar refractivity (Wildman–Crippen MR) is 122 cm³/mol. The predicted octanol–water partition coefficient (Wildman–Crippen LogP) is 5.14. The third-order valence-corrected chi connectivity index (χ3v) is 5.97. The maximum atomic E-state index is 12.8. The molecule has 0 saturated heterocycles. The Morgan fingerprint density at radius 2 is 1.79 bits per heavy atom. The molecule has 2 aromatic heterocycles. The number of anilines is 3. The van der Waals surface area contributed by atoms with Crippen LogP contribution >= 0.6 is 11.3 Å². The van der Waals surface area contributed by atoms with E-state index in [0.29, 0.717) is 28.1 Å². The van der Waals surface area contributed by atoms with Crippen molar-refractivity contribution in [1.29, 1.82) is 0 Å². The van der Waals surface area contributed by atoms with Crippen LogP contribution in [0, 0.1) is 0 Å². The van der Waals surface area contributed by atoms with E-state index in [1.54, 1.807) is 24.3 Å². The van der Waals surface area contributed by atoms with Crippen molar-refractivity contribution in [3.63, 3.8) is 0 Å². The molecule has 33 heavy (non-hydrogen) atoms. The Labute approximate surface area is 190 Å². The number of benzene rings is 2. The summed E-state index contributed by atoms with van der Waals surface area (Å²) in [7, 11) is 0. The summed E-state index contributed by atoms with van der Waals surface area (Å²) in [5.41, 5.74) is 7.30. The van der Waals surface area contributed by atoms with E-state index in [0.717, 1.165) is 28.1 Å². The molecule has 5 N–H and O–H groups in total. The van der Waals surface area contributed by atoms with Crippen LogP contribution in [0.2, 0.25) is 0 Å². The second kappa shape index (κ2) is 9.04. The van der Waals surface area contributed by atoms with E-state index in [-0.39, 0.29) is 12.3 Å². The van der Waals surface area contributed by atoms with E-state index < -0.39 is 17.8 Å². The number of nitrogens with zero attached hydrogens (tertiary/aromatic N) is 2. The molecule has 2 amide bonds. The third kappa shape index (κ3) is 4.89. The smallest absolute Gasteiger partial charge is 0.396 e. The molecule has 0 saturated carbocycles. The number of nitrogen functional groups attached to an aromatic ring is 1. The van der Waals surface area contributed by atoms with Gasteiger partial charge in [-0.15, -0.1) is 11.3 Å². The number of carbonyl (C=O) groups is 1. The standard InChI is InChI=1S/C22H18F3N5O2S/c23-22(24,25)13-2-1-3-15(10-13)30-21(32)29-14-6-4-12(5-7-14)17-16(8-9-31)33-20-18(17)19(26)27-11-28-20/h1-7,10-11,31H,8-9H2,(H2,26,27,28)(H2,29,30,32). The second-order valence-electron chi connectivity index (χ2n) is 7.05. The number of halogens is 3. The highest BCUT2D eigenvalue weighted by Crippen LogP contribution is 2.40. The molecular weight excluding hydrogens is 455 g/mol. The van der Waals surface area contributed by atoms with Gasteiger partial charge in [-0.05, 0) is 35.9 Å². The van der Waals surface area contributed by atoms with Crippen LogP contribution < -0.4 is 16.4 Å².